The number of rotatable bonds is 4. The van der Waals surface area contributed by atoms with Crippen LogP contribution >= 0.6 is 0 Å². The minimum Gasteiger partial charge on any atom is -0.346 e. The van der Waals surface area contributed by atoms with E-state index in [2.05, 4.69) is 10.3 Å². The van der Waals surface area contributed by atoms with Gasteiger partial charge in [0.25, 0.3) is 11.8 Å². The van der Waals surface area contributed by atoms with E-state index < -0.39 is 11.6 Å². The van der Waals surface area contributed by atoms with E-state index >= 15 is 0 Å². The number of pyridine rings is 1. The first-order valence-corrected chi connectivity index (χ1v) is 12.1. The summed E-state index contributed by atoms with van der Waals surface area (Å²) in [5.74, 6) is -1.59. The number of carbonyl (C=O) groups is 2. The minimum atomic E-state index is -0.700. The van der Waals surface area contributed by atoms with Crippen LogP contribution in [-0.4, -0.2) is 34.8 Å². The van der Waals surface area contributed by atoms with E-state index in [0.717, 1.165) is 31.5 Å². The van der Waals surface area contributed by atoms with Gasteiger partial charge in [-0.15, -0.1) is 0 Å². The number of carbonyl (C=O) groups excluding carboxylic acids is 2. The molecule has 1 aromatic heterocycles. The van der Waals surface area contributed by atoms with Crippen LogP contribution in [-0.2, 0) is 13.0 Å². The molecular formula is C28H25F2N3O2. The predicted molar refractivity (Wildman–Crippen MR) is 127 cm³/mol. The maximum Gasteiger partial charge on any atom is 0.253 e. The molecule has 7 heteroatoms. The molecule has 3 aliphatic rings. The number of hydrogen-bond donors (Lipinski definition) is 1. The molecule has 178 valence electrons. The van der Waals surface area contributed by atoms with Gasteiger partial charge in [0.05, 0.1) is 29.1 Å². The molecule has 3 aromatic rings. The summed E-state index contributed by atoms with van der Waals surface area (Å²) >= 11 is 0. The Balaban J connectivity index is 1.26. The third kappa shape index (κ3) is 3.99. The zero-order chi connectivity index (χ0) is 24.2. The fourth-order valence-electron chi connectivity index (χ4n) is 5.35. The molecule has 2 aliphatic heterocycles. The zero-order valence-electron chi connectivity index (χ0n) is 19.2. The van der Waals surface area contributed by atoms with Gasteiger partial charge in [0.2, 0.25) is 0 Å². The molecule has 0 unspecified atom stereocenters. The van der Waals surface area contributed by atoms with E-state index in [1.807, 2.05) is 29.2 Å². The van der Waals surface area contributed by atoms with Gasteiger partial charge in [-0.2, -0.15) is 0 Å². The lowest BCUT2D eigenvalue weighted by atomic mass is 9.93. The van der Waals surface area contributed by atoms with Crippen molar-refractivity contribution in [2.45, 2.75) is 38.6 Å². The van der Waals surface area contributed by atoms with Crippen molar-refractivity contribution < 1.29 is 18.4 Å². The van der Waals surface area contributed by atoms with Crippen molar-refractivity contribution in [2.24, 2.45) is 5.41 Å². The molecule has 1 saturated carbocycles. The van der Waals surface area contributed by atoms with Gasteiger partial charge < -0.3 is 10.2 Å². The van der Waals surface area contributed by atoms with E-state index in [1.54, 1.807) is 6.07 Å². The van der Waals surface area contributed by atoms with Crippen LogP contribution in [0, 0.1) is 17.0 Å². The van der Waals surface area contributed by atoms with E-state index in [0.29, 0.717) is 34.2 Å². The molecule has 1 spiro atoms. The summed E-state index contributed by atoms with van der Waals surface area (Å²) in [6.07, 6.45) is 5.16. The van der Waals surface area contributed by atoms with Crippen LogP contribution in [0.1, 0.15) is 63.2 Å². The fraction of sp³-hybridized carbons (Fsp3) is 0.321. The highest BCUT2D eigenvalue weighted by atomic mass is 19.1. The predicted octanol–water partition coefficient (Wildman–Crippen LogP) is 4.88. The Hall–Kier alpha value is -3.61. The number of nitrogens with zero attached hydrogens (tertiary/aromatic N) is 2. The standard InChI is InChI=1S/C28H25F2N3O2/c29-20-2-1-3-21(30)25(20)22-15-19(24-23(32-22)16-31-26(24)34)14-17-4-6-18(7-5-17)27(35)33-12-10-28(8-9-28)11-13-33/h1-7,15H,8-14,16H2,(H,31,34). The first-order chi connectivity index (χ1) is 16.9. The summed E-state index contributed by atoms with van der Waals surface area (Å²) in [5.41, 5.74) is 3.60. The quantitative estimate of drug-likeness (QED) is 0.588. The third-order valence-electron chi connectivity index (χ3n) is 7.70. The lowest BCUT2D eigenvalue weighted by molar-refractivity contribution is 0.0678. The second kappa shape index (κ2) is 8.26. The summed E-state index contributed by atoms with van der Waals surface area (Å²) in [4.78, 5) is 31.8. The minimum absolute atomic E-state index is 0.0496. The molecule has 0 atom stereocenters. The van der Waals surface area contributed by atoms with Crippen molar-refractivity contribution in [3.63, 3.8) is 0 Å². The summed E-state index contributed by atoms with van der Waals surface area (Å²) in [6, 6.07) is 12.7. The summed E-state index contributed by atoms with van der Waals surface area (Å²) in [7, 11) is 0. The van der Waals surface area contributed by atoms with Gasteiger partial charge in [-0.3, -0.25) is 9.59 Å². The van der Waals surface area contributed by atoms with Crippen LogP contribution in [0.4, 0.5) is 8.78 Å². The molecular weight excluding hydrogens is 448 g/mol. The highest BCUT2D eigenvalue weighted by molar-refractivity contribution is 5.99. The SMILES string of the molecule is O=C1NCc2nc(-c3c(F)cccc3F)cc(Cc3ccc(C(=O)N4CCC5(CC4)CC5)cc3)c21. The second-order valence-electron chi connectivity index (χ2n) is 9.93. The smallest absolute Gasteiger partial charge is 0.253 e. The molecule has 1 saturated heterocycles. The number of amides is 2. The van der Waals surface area contributed by atoms with Crippen LogP contribution in [0.2, 0.25) is 0 Å². The number of aromatic nitrogens is 1. The Morgan fingerprint density at radius 1 is 0.971 bits per heavy atom. The molecule has 2 fully saturated rings. The molecule has 2 amide bonds. The number of nitrogens with one attached hydrogen (secondary N) is 1. The highest BCUT2D eigenvalue weighted by Crippen LogP contribution is 2.53. The van der Waals surface area contributed by atoms with Crippen molar-refractivity contribution >= 4 is 11.8 Å². The molecule has 0 radical (unpaired) electrons. The number of piperidine rings is 1. The maximum atomic E-state index is 14.4. The van der Waals surface area contributed by atoms with Crippen LogP contribution in [0.3, 0.4) is 0 Å². The number of likely N-dealkylation sites (tertiary alicyclic amines) is 1. The van der Waals surface area contributed by atoms with Gasteiger partial charge in [-0.25, -0.2) is 13.8 Å². The molecule has 35 heavy (non-hydrogen) atoms. The highest BCUT2D eigenvalue weighted by Gasteiger charge is 2.45. The topological polar surface area (TPSA) is 62.3 Å². The average molecular weight is 474 g/mol. The van der Waals surface area contributed by atoms with E-state index in [-0.39, 0.29) is 29.6 Å². The Morgan fingerprint density at radius 3 is 2.31 bits per heavy atom. The second-order valence-corrected chi connectivity index (χ2v) is 9.93. The lowest BCUT2D eigenvalue weighted by Crippen LogP contribution is -2.39. The van der Waals surface area contributed by atoms with Crippen LogP contribution < -0.4 is 5.32 Å². The van der Waals surface area contributed by atoms with Gasteiger partial charge in [0.15, 0.2) is 0 Å². The van der Waals surface area contributed by atoms with Gasteiger partial charge in [-0.05, 0) is 79.0 Å². The molecule has 1 N–H and O–H groups in total. The van der Waals surface area contributed by atoms with Crippen molar-refractivity contribution in [2.75, 3.05) is 13.1 Å². The van der Waals surface area contributed by atoms with E-state index in [4.69, 9.17) is 0 Å². The summed E-state index contributed by atoms with van der Waals surface area (Å²) in [5, 5.41) is 2.75. The normalized spacial score (nSPS) is 17.9. The number of fused-ring (bicyclic) bond motifs is 1. The van der Waals surface area contributed by atoms with Gasteiger partial charge in [-0.1, -0.05) is 18.2 Å². The Bertz CT molecular complexity index is 1320. The van der Waals surface area contributed by atoms with Crippen LogP contribution in [0.25, 0.3) is 11.3 Å². The number of hydrogen-bond acceptors (Lipinski definition) is 3. The largest absolute Gasteiger partial charge is 0.346 e. The van der Waals surface area contributed by atoms with E-state index in [1.165, 1.54) is 31.0 Å². The molecule has 6 rings (SSSR count). The van der Waals surface area contributed by atoms with Gasteiger partial charge >= 0.3 is 0 Å². The first-order valence-electron chi connectivity index (χ1n) is 12.1. The molecule has 1 aliphatic carbocycles. The lowest BCUT2D eigenvalue weighted by Gasteiger charge is -2.32. The monoisotopic (exact) mass is 473 g/mol. The van der Waals surface area contributed by atoms with Gasteiger partial charge in [0, 0.05) is 18.7 Å². The van der Waals surface area contributed by atoms with Gasteiger partial charge in [0.1, 0.15) is 11.6 Å². The van der Waals surface area contributed by atoms with Crippen LogP contribution in [0.5, 0.6) is 0 Å². The van der Waals surface area contributed by atoms with Crippen molar-refractivity contribution in [3.8, 4) is 11.3 Å². The maximum absolute atomic E-state index is 14.4. The van der Waals surface area contributed by atoms with E-state index in [9.17, 15) is 18.4 Å². The average Bonchev–Trinajstić information content (AvgIpc) is 3.50. The van der Waals surface area contributed by atoms with Crippen LogP contribution in [0.15, 0.2) is 48.5 Å². The molecule has 3 heterocycles. The summed E-state index contributed by atoms with van der Waals surface area (Å²) in [6.45, 7) is 1.85. The van der Waals surface area contributed by atoms with Crippen molar-refractivity contribution in [3.05, 3.63) is 88.1 Å². The zero-order valence-corrected chi connectivity index (χ0v) is 19.2. The Labute approximate surface area is 202 Å². The fourth-order valence-corrected chi connectivity index (χ4v) is 5.35. The molecule has 5 nitrogen and oxygen atoms in total. The van der Waals surface area contributed by atoms with Crippen molar-refractivity contribution in [1.29, 1.82) is 0 Å². The number of benzene rings is 2. The van der Waals surface area contributed by atoms with Crippen molar-refractivity contribution in [1.82, 2.24) is 15.2 Å². The first kappa shape index (κ1) is 21.9. The number of halogens is 2. The Kier molecular flexibility index (Phi) is 5.16. The summed E-state index contributed by atoms with van der Waals surface area (Å²) < 4.78 is 28.9. The molecule has 2 aromatic carbocycles. The Morgan fingerprint density at radius 2 is 1.66 bits per heavy atom. The molecule has 0 bridgehead atoms. The third-order valence-corrected chi connectivity index (χ3v) is 7.70.